The molecule has 0 aromatic rings. The molecule has 0 aliphatic carbocycles. The lowest BCUT2D eigenvalue weighted by Gasteiger charge is -2.21. The summed E-state index contributed by atoms with van der Waals surface area (Å²) >= 11 is 0. The molecular weight excluding hydrogens is 292 g/mol. The van der Waals surface area contributed by atoms with Crippen molar-refractivity contribution in [1.82, 2.24) is 9.80 Å². The van der Waals surface area contributed by atoms with E-state index in [0.717, 1.165) is 0 Å². The van der Waals surface area contributed by atoms with Gasteiger partial charge in [0, 0.05) is 19.6 Å². The fourth-order valence-electron chi connectivity index (χ4n) is 2.24. The van der Waals surface area contributed by atoms with E-state index in [4.69, 9.17) is 15.3 Å². The average molecular weight is 335 g/mol. The minimum Gasteiger partial charge on any atom is -0.395 e. The van der Waals surface area contributed by atoms with E-state index in [-0.39, 0.29) is 19.8 Å². The van der Waals surface area contributed by atoms with Crippen LogP contribution >= 0.6 is 0 Å². The second-order valence-corrected chi connectivity index (χ2v) is 5.91. The molecule has 0 spiro atoms. The van der Waals surface area contributed by atoms with Gasteiger partial charge in [0.2, 0.25) is 0 Å². The molecule has 3 N–H and O–H groups in total. The third-order valence-corrected chi connectivity index (χ3v) is 3.73. The van der Waals surface area contributed by atoms with Crippen molar-refractivity contribution in [2.75, 3.05) is 59.1 Å². The standard InChI is InChI=1S/C12H27N.C6H15NO3/c1-4-7-10-13(11-8-5-2)12-9-6-3;8-4-1-7(2-5-9)3-6-10/h4-12H2,1-3H3;8-10H,1-6H2. The van der Waals surface area contributed by atoms with Crippen molar-refractivity contribution in [2.24, 2.45) is 0 Å². The third kappa shape index (κ3) is 19.8. The van der Waals surface area contributed by atoms with Crippen molar-refractivity contribution in [3.05, 3.63) is 0 Å². The van der Waals surface area contributed by atoms with Gasteiger partial charge in [-0.1, -0.05) is 40.0 Å². The molecule has 0 aromatic carbocycles. The van der Waals surface area contributed by atoms with Crippen LogP contribution in [0.2, 0.25) is 0 Å². The Morgan fingerprint density at radius 1 is 0.478 bits per heavy atom. The molecule has 142 valence electrons. The first-order valence-corrected chi connectivity index (χ1v) is 9.47. The third-order valence-electron chi connectivity index (χ3n) is 3.73. The van der Waals surface area contributed by atoms with E-state index in [9.17, 15) is 0 Å². The highest BCUT2D eigenvalue weighted by molar-refractivity contribution is 4.57. The van der Waals surface area contributed by atoms with Gasteiger partial charge in [-0.05, 0) is 38.9 Å². The van der Waals surface area contributed by atoms with E-state index in [2.05, 4.69) is 25.7 Å². The van der Waals surface area contributed by atoms with Crippen molar-refractivity contribution >= 4 is 0 Å². The summed E-state index contributed by atoms with van der Waals surface area (Å²) in [5, 5.41) is 25.5. The van der Waals surface area contributed by atoms with Crippen molar-refractivity contribution < 1.29 is 15.3 Å². The number of rotatable bonds is 15. The van der Waals surface area contributed by atoms with Crippen molar-refractivity contribution in [1.29, 1.82) is 0 Å². The fourth-order valence-corrected chi connectivity index (χ4v) is 2.24. The van der Waals surface area contributed by atoms with Gasteiger partial charge in [-0.3, -0.25) is 4.90 Å². The molecule has 0 rings (SSSR count). The molecule has 0 aliphatic rings. The lowest BCUT2D eigenvalue weighted by atomic mass is 10.2. The Morgan fingerprint density at radius 2 is 0.739 bits per heavy atom. The van der Waals surface area contributed by atoms with Crippen LogP contribution in [-0.4, -0.2) is 84.2 Å². The summed E-state index contributed by atoms with van der Waals surface area (Å²) in [5.41, 5.74) is 0. The highest BCUT2D eigenvalue weighted by Crippen LogP contribution is 2.01. The van der Waals surface area contributed by atoms with Gasteiger partial charge in [-0.2, -0.15) is 0 Å². The van der Waals surface area contributed by atoms with E-state index >= 15 is 0 Å². The van der Waals surface area contributed by atoms with Gasteiger partial charge in [-0.15, -0.1) is 0 Å². The van der Waals surface area contributed by atoms with Gasteiger partial charge in [0.25, 0.3) is 0 Å². The molecule has 0 fully saturated rings. The van der Waals surface area contributed by atoms with Gasteiger partial charge in [0.15, 0.2) is 0 Å². The lowest BCUT2D eigenvalue weighted by molar-refractivity contribution is 0.136. The molecule has 0 saturated heterocycles. The molecule has 23 heavy (non-hydrogen) atoms. The van der Waals surface area contributed by atoms with Crippen LogP contribution < -0.4 is 0 Å². The molecule has 5 heteroatoms. The molecule has 5 nitrogen and oxygen atoms in total. The van der Waals surface area contributed by atoms with Crippen LogP contribution in [0.3, 0.4) is 0 Å². The van der Waals surface area contributed by atoms with Crippen LogP contribution in [0.1, 0.15) is 59.3 Å². The molecule has 0 aliphatic heterocycles. The second-order valence-electron chi connectivity index (χ2n) is 5.91. The predicted molar refractivity (Wildman–Crippen MR) is 98.9 cm³/mol. The van der Waals surface area contributed by atoms with E-state index in [1.807, 2.05) is 0 Å². The largest absolute Gasteiger partial charge is 0.395 e. The van der Waals surface area contributed by atoms with E-state index in [0.29, 0.717) is 19.6 Å². The minimum atomic E-state index is 0.0694. The number of unbranched alkanes of at least 4 members (excludes halogenated alkanes) is 3. The van der Waals surface area contributed by atoms with Gasteiger partial charge in [0.1, 0.15) is 0 Å². The molecular formula is C18H42N2O3. The maximum absolute atomic E-state index is 8.48. The molecule has 0 saturated carbocycles. The SMILES string of the molecule is CCCCN(CCCC)CCCC.OCCN(CCO)CCO. The second kappa shape index (κ2) is 21.8. The minimum absolute atomic E-state index is 0.0694. The maximum atomic E-state index is 8.48. The fraction of sp³-hybridized carbons (Fsp3) is 1.00. The number of aliphatic hydroxyl groups is 3. The zero-order valence-corrected chi connectivity index (χ0v) is 15.8. The predicted octanol–water partition coefficient (Wildman–Crippen LogP) is 1.95. The molecule has 0 amide bonds. The summed E-state index contributed by atoms with van der Waals surface area (Å²) in [7, 11) is 0. The zero-order valence-electron chi connectivity index (χ0n) is 15.8. The quantitative estimate of drug-likeness (QED) is 0.427. The Bertz CT molecular complexity index is 173. The van der Waals surface area contributed by atoms with Crippen LogP contribution in [0.5, 0.6) is 0 Å². The van der Waals surface area contributed by atoms with Crippen LogP contribution in [0.25, 0.3) is 0 Å². The molecule has 0 radical (unpaired) electrons. The van der Waals surface area contributed by atoms with Crippen molar-refractivity contribution in [3.63, 3.8) is 0 Å². The monoisotopic (exact) mass is 334 g/mol. The zero-order chi connectivity index (χ0) is 17.8. The number of hydrogen-bond acceptors (Lipinski definition) is 5. The number of nitrogens with zero attached hydrogens (tertiary/aromatic N) is 2. The van der Waals surface area contributed by atoms with Gasteiger partial charge < -0.3 is 20.2 Å². The van der Waals surface area contributed by atoms with E-state index < -0.39 is 0 Å². The summed E-state index contributed by atoms with van der Waals surface area (Å²) in [6.45, 7) is 12.5. The summed E-state index contributed by atoms with van der Waals surface area (Å²) in [6, 6.07) is 0. The van der Waals surface area contributed by atoms with Crippen LogP contribution in [-0.2, 0) is 0 Å². The summed E-state index contributed by atoms with van der Waals surface area (Å²) < 4.78 is 0. The Labute approximate surface area is 144 Å². The molecule has 0 atom stereocenters. The van der Waals surface area contributed by atoms with Crippen LogP contribution in [0, 0.1) is 0 Å². The normalized spacial score (nSPS) is 11.0. The summed E-state index contributed by atoms with van der Waals surface area (Å²) in [5.74, 6) is 0. The average Bonchev–Trinajstić information content (AvgIpc) is 2.55. The first-order chi connectivity index (χ1) is 11.2. The smallest absolute Gasteiger partial charge is 0.0558 e. The highest BCUT2D eigenvalue weighted by atomic mass is 16.3. The first kappa shape index (κ1) is 25.0. The molecule has 0 aromatic heterocycles. The van der Waals surface area contributed by atoms with Crippen molar-refractivity contribution in [2.45, 2.75) is 59.3 Å². The first-order valence-electron chi connectivity index (χ1n) is 9.47. The number of aliphatic hydroxyl groups excluding tert-OH is 3. The van der Waals surface area contributed by atoms with Gasteiger partial charge in [-0.25, -0.2) is 0 Å². The Morgan fingerprint density at radius 3 is 0.957 bits per heavy atom. The van der Waals surface area contributed by atoms with Crippen LogP contribution in [0.4, 0.5) is 0 Å². The Hall–Kier alpha value is -0.200. The van der Waals surface area contributed by atoms with E-state index in [1.54, 1.807) is 4.90 Å². The van der Waals surface area contributed by atoms with E-state index in [1.165, 1.54) is 58.2 Å². The molecule has 0 bridgehead atoms. The van der Waals surface area contributed by atoms with Crippen LogP contribution in [0.15, 0.2) is 0 Å². The lowest BCUT2D eigenvalue weighted by Crippen LogP contribution is -2.32. The summed E-state index contributed by atoms with van der Waals surface area (Å²) in [6.07, 6.45) is 8.09. The molecule has 0 heterocycles. The number of hydrogen-bond donors (Lipinski definition) is 3. The van der Waals surface area contributed by atoms with Gasteiger partial charge >= 0.3 is 0 Å². The Balaban J connectivity index is 0. The van der Waals surface area contributed by atoms with Gasteiger partial charge in [0.05, 0.1) is 19.8 Å². The maximum Gasteiger partial charge on any atom is 0.0558 e. The summed E-state index contributed by atoms with van der Waals surface area (Å²) in [4.78, 5) is 4.43. The topological polar surface area (TPSA) is 67.2 Å². The molecule has 0 unspecified atom stereocenters. The van der Waals surface area contributed by atoms with Crippen molar-refractivity contribution in [3.8, 4) is 0 Å². The Kier molecular flexibility index (Phi) is 23.7. The highest BCUT2D eigenvalue weighted by Gasteiger charge is 2.02.